The SMILES string of the molecule is CC1=CCNc2c1ccc1c2NCC=C1. The summed E-state index contributed by atoms with van der Waals surface area (Å²) in [5, 5.41) is 6.88. The average molecular weight is 198 g/mol. The summed E-state index contributed by atoms with van der Waals surface area (Å²) in [4.78, 5) is 0. The zero-order valence-electron chi connectivity index (χ0n) is 8.80. The molecule has 0 fully saturated rings. The van der Waals surface area contributed by atoms with Gasteiger partial charge in [-0.3, -0.25) is 0 Å². The summed E-state index contributed by atoms with van der Waals surface area (Å²) < 4.78 is 0. The van der Waals surface area contributed by atoms with Crippen LogP contribution in [0.5, 0.6) is 0 Å². The van der Waals surface area contributed by atoms with Crippen LogP contribution in [0.3, 0.4) is 0 Å². The highest BCUT2D eigenvalue weighted by atomic mass is 15.0. The Morgan fingerprint density at radius 2 is 1.93 bits per heavy atom. The minimum Gasteiger partial charge on any atom is -0.379 e. The standard InChI is InChI=1S/C13H14N2/c1-9-6-8-15-13-11(9)5-4-10-3-2-7-14-12(10)13/h2-6,14-15H,7-8H2,1H3. The van der Waals surface area contributed by atoms with E-state index in [1.54, 1.807) is 0 Å². The van der Waals surface area contributed by atoms with Gasteiger partial charge in [0.15, 0.2) is 0 Å². The fraction of sp³-hybridized carbons (Fsp3) is 0.231. The fourth-order valence-electron chi connectivity index (χ4n) is 2.22. The Labute approximate surface area is 89.7 Å². The predicted molar refractivity (Wildman–Crippen MR) is 66.1 cm³/mol. The second kappa shape index (κ2) is 3.16. The van der Waals surface area contributed by atoms with Crippen LogP contribution in [0.2, 0.25) is 0 Å². The van der Waals surface area contributed by atoms with Gasteiger partial charge in [-0.15, -0.1) is 0 Å². The third-order valence-electron chi connectivity index (χ3n) is 3.04. The Balaban J connectivity index is 2.24. The van der Waals surface area contributed by atoms with E-state index in [9.17, 15) is 0 Å². The van der Waals surface area contributed by atoms with E-state index in [2.05, 4.69) is 47.9 Å². The lowest BCUT2D eigenvalue weighted by Gasteiger charge is -2.24. The molecule has 0 saturated carbocycles. The van der Waals surface area contributed by atoms with Crippen LogP contribution in [0.1, 0.15) is 18.1 Å². The van der Waals surface area contributed by atoms with Crippen molar-refractivity contribution >= 4 is 23.0 Å². The van der Waals surface area contributed by atoms with Crippen molar-refractivity contribution in [3.8, 4) is 0 Å². The Bertz CT molecular complexity index is 470. The maximum absolute atomic E-state index is 3.45. The molecule has 0 radical (unpaired) electrons. The van der Waals surface area contributed by atoms with E-state index in [0.717, 1.165) is 13.1 Å². The van der Waals surface area contributed by atoms with Gasteiger partial charge < -0.3 is 10.6 Å². The number of rotatable bonds is 0. The number of hydrogen-bond acceptors (Lipinski definition) is 2. The molecule has 2 nitrogen and oxygen atoms in total. The van der Waals surface area contributed by atoms with Gasteiger partial charge in [-0.2, -0.15) is 0 Å². The zero-order valence-corrected chi connectivity index (χ0v) is 8.80. The molecule has 2 aliphatic heterocycles. The van der Waals surface area contributed by atoms with Crippen molar-refractivity contribution in [2.45, 2.75) is 6.92 Å². The average Bonchev–Trinajstić information content (AvgIpc) is 2.29. The van der Waals surface area contributed by atoms with Gasteiger partial charge in [0, 0.05) is 18.7 Å². The summed E-state index contributed by atoms with van der Waals surface area (Å²) in [5.74, 6) is 0. The predicted octanol–water partition coefficient (Wildman–Crippen LogP) is 2.95. The molecule has 0 saturated heterocycles. The first-order valence-corrected chi connectivity index (χ1v) is 5.34. The fourth-order valence-corrected chi connectivity index (χ4v) is 2.22. The molecule has 0 unspecified atom stereocenters. The van der Waals surface area contributed by atoms with Crippen molar-refractivity contribution in [2.75, 3.05) is 23.7 Å². The summed E-state index contributed by atoms with van der Waals surface area (Å²) in [6.45, 7) is 4.03. The molecule has 2 heteroatoms. The van der Waals surface area contributed by atoms with E-state index >= 15 is 0 Å². The number of benzene rings is 1. The van der Waals surface area contributed by atoms with E-state index in [1.807, 2.05) is 0 Å². The van der Waals surface area contributed by atoms with Crippen molar-refractivity contribution in [3.63, 3.8) is 0 Å². The summed E-state index contributed by atoms with van der Waals surface area (Å²) in [7, 11) is 0. The van der Waals surface area contributed by atoms with Crippen LogP contribution >= 0.6 is 0 Å². The van der Waals surface area contributed by atoms with Gasteiger partial charge in [-0.25, -0.2) is 0 Å². The smallest absolute Gasteiger partial charge is 0.0660 e. The summed E-state index contributed by atoms with van der Waals surface area (Å²) in [6.07, 6.45) is 6.56. The van der Waals surface area contributed by atoms with Gasteiger partial charge >= 0.3 is 0 Å². The molecule has 3 rings (SSSR count). The van der Waals surface area contributed by atoms with Crippen LogP contribution in [-0.4, -0.2) is 13.1 Å². The third-order valence-corrected chi connectivity index (χ3v) is 3.04. The van der Waals surface area contributed by atoms with Gasteiger partial charge in [0.25, 0.3) is 0 Å². The van der Waals surface area contributed by atoms with Crippen molar-refractivity contribution < 1.29 is 0 Å². The van der Waals surface area contributed by atoms with E-state index in [4.69, 9.17) is 0 Å². The van der Waals surface area contributed by atoms with E-state index in [1.165, 1.54) is 28.1 Å². The molecule has 0 bridgehead atoms. The molecule has 0 atom stereocenters. The highest BCUT2D eigenvalue weighted by Gasteiger charge is 2.16. The van der Waals surface area contributed by atoms with Crippen LogP contribution < -0.4 is 10.6 Å². The maximum Gasteiger partial charge on any atom is 0.0660 e. The Hall–Kier alpha value is -1.70. The van der Waals surface area contributed by atoms with Crippen molar-refractivity contribution in [3.05, 3.63) is 35.4 Å². The van der Waals surface area contributed by atoms with Crippen molar-refractivity contribution in [2.24, 2.45) is 0 Å². The lowest BCUT2D eigenvalue weighted by molar-refractivity contribution is 1.24. The molecule has 2 aliphatic rings. The highest BCUT2D eigenvalue weighted by molar-refractivity contribution is 5.91. The normalized spacial score (nSPS) is 17.0. The third kappa shape index (κ3) is 1.25. The van der Waals surface area contributed by atoms with Crippen LogP contribution in [-0.2, 0) is 0 Å². The lowest BCUT2D eigenvalue weighted by atomic mass is 9.96. The monoisotopic (exact) mass is 198 g/mol. The molecule has 2 N–H and O–H groups in total. The molecule has 0 aliphatic carbocycles. The van der Waals surface area contributed by atoms with Crippen LogP contribution in [0, 0.1) is 0 Å². The molecular formula is C13H14N2. The zero-order chi connectivity index (χ0) is 10.3. The van der Waals surface area contributed by atoms with E-state index < -0.39 is 0 Å². The molecule has 1 aromatic carbocycles. The topological polar surface area (TPSA) is 24.1 Å². The van der Waals surface area contributed by atoms with Crippen LogP contribution in [0.4, 0.5) is 11.4 Å². The number of allylic oxidation sites excluding steroid dienone is 1. The van der Waals surface area contributed by atoms with Crippen molar-refractivity contribution in [1.29, 1.82) is 0 Å². The summed E-state index contributed by atoms with van der Waals surface area (Å²) in [6, 6.07) is 4.38. The highest BCUT2D eigenvalue weighted by Crippen LogP contribution is 2.37. The number of fused-ring (bicyclic) bond motifs is 3. The summed E-state index contributed by atoms with van der Waals surface area (Å²) in [5.41, 5.74) is 6.48. The minimum absolute atomic E-state index is 0.924. The molecule has 15 heavy (non-hydrogen) atoms. The van der Waals surface area contributed by atoms with Gasteiger partial charge in [0.1, 0.15) is 0 Å². The molecule has 0 aromatic heterocycles. The molecule has 0 spiro atoms. The second-order valence-corrected chi connectivity index (χ2v) is 4.00. The van der Waals surface area contributed by atoms with Crippen LogP contribution in [0.25, 0.3) is 11.6 Å². The van der Waals surface area contributed by atoms with Gasteiger partial charge in [-0.1, -0.05) is 30.4 Å². The van der Waals surface area contributed by atoms with Gasteiger partial charge in [0.2, 0.25) is 0 Å². The first-order valence-electron chi connectivity index (χ1n) is 5.34. The maximum atomic E-state index is 3.45. The molecular weight excluding hydrogens is 184 g/mol. The largest absolute Gasteiger partial charge is 0.379 e. The lowest BCUT2D eigenvalue weighted by Crippen LogP contribution is -2.13. The molecule has 2 heterocycles. The van der Waals surface area contributed by atoms with Gasteiger partial charge in [-0.05, 0) is 18.1 Å². The van der Waals surface area contributed by atoms with Crippen molar-refractivity contribution in [1.82, 2.24) is 0 Å². The first-order chi connectivity index (χ1) is 7.36. The Morgan fingerprint density at radius 3 is 2.87 bits per heavy atom. The first kappa shape index (κ1) is 8.60. The van der Waals surface area contributed by atoms with Crippen LogP contribution in [0.15, 0.2) is 24.3 Å². The van der Waals surface area contributed by atoms with E-state index in [0.29, 0.717) is 0 Å². The van der Waals surface area contributed by atoms with Gasteiger partial charge in [0.05, 0.1) is 11.4 Å². The molecule has 0 amide bonds. The number of hydrogen-bond donors (Lipinski definition) is 2. The molecule has 1 aromatic rings. The minimum atomic E-state index is 0.924. The number of nitrogens with one attached hydrogen (secondary N) is 2. The quantitative estimate of drug-likeness (QED) is 0.669. The molecule has 76 valence electrons. The Morgan fingerprint density at radius 1 is 1.07 bits per heavy atom. The second-order valence-electron chi connectivity index (χ2n) is 4.00. The van der Waals surface area contributed by atoms with E-state index in [-0.39, 0.29) is 0 Å². The number of anilines is 2. The summed E-state index contributed by atoms with van der Waals surface area (Å²) >= 11 is 0. The Kier molecular flexibility index (Phi) is 1.81.